The maximum atomic E-state index is 13.1. The second-order valence-electron chi connectivity index (χ2n) is 5.41. The normalized spacial score (nSPS) is 12.3. The minimum Gasteiger partial charge on any atom is -0.469 e. The molecule has 0 saturated carbocycles. The Morgan fingerprint density at radius 2 is 1.96 bits per heavy atom. The van der Waals surface area contributed by atoms with Gasteiger partial charge in [-0.15, -0.1) is 0 Å². The summed E-state index contributed by atoms with van der Waals surface area (Å²) in [6.07, 6.45) is -5.13. The number of hydrogen-bond acceptors (Lipinski definition) is 6. The zero-order valence-electron chi connectivity index (χ0n) is 14.0. The van der Waals surface area contributed by atoms with Gasteiger partial charge in [0.2, 0.25) is 0 Å². The minimum atomic E-state index is -4.94. The van der Waals surface area contributed by atoms with Gasteiger partial charge in [0.1, 0.15) is 11.3 Å². The number of ether oxygens (including phenoxy) is 1. The van der Waals surface area contributed by atoms with Crippen LogP contribution in [0, 0.1) is 17.0 Å². The molecule has 8 nitrogen and oxygen atoms in total. The molecule has 2 rings (SSSR count). The van der Waals surface area contributed by atoms with Crippen LogP contribution in [0.1, 0.15) is 28.6 Å². The van der Waals surface area contributed by atoms with Gasteiger partial charge in [-0.3, -0.25) is 14.9 Å². The first kappa shape index (κ1) is 19.9. The molecule has 1 N–H and O–H groups in total. The van der Waals surface area contributed by atoms with Crippen molar-refractivity contribution in [3.63, 3.8) is 0 Å². The first-order valence-corrected chi connectivity index (χ1v) is 7.42. The predicted molar refractivity (Wildman–Crippen MR) is 85.1 cm³/mol. The number of carbonyl (C=O) groups excluding carboxylic acids is 2. The van der Waals surface area contributed by atoms with Gasteiger partial charge in [-0.25, -0.2) is 4.79 Å². The van der Waals surface area contributed by atoms with Crippen molar-refractivity contribution in [1.29, 1.82) is 0 Å². The van der Waals surface area contributed by atoms with Crippen molar-refractivity contribution in [3.8, 4) is 0 Å². The van der Waals surface area contributed by atoms with Crippen molar-refractivity contribution in [2.45, 2.75) is 26.1 Å². The summed E-state index contributed by atoms with van der Waals surface area (Å²) in [5.41, 5.74) is -2.80. The number of benzene rings is 1. The molecule has 1 aromatic heterocycles. The van der Waals surface area contributed by atoms with Crippen LogP contribution in [0.15, 0.2) is 34.9 Å². The van der Waals surface area contributed by atoms with Gasteiger partial charge in [0.05, 0.1) is 22.4 Å². The van der Waals surface area contributed by atoms with Crippen molar-refractivity contribution in [1.82, 2.24) is 0 Å². The Labute approximate surface area is 150 Å². The van der Waals surface area contributed by atoms with Crippen molar-refractivity contribution in [2.75, 3.05) is 5.32 Å². The Bertz CT molecular complexity index is 891. The molecular formula is C16H13F3N2O6. The highest BCUT2D eigenvalue weighted by atomic mass is 19.4. The number of hydrogen-bond donors (Lipinski definition) is 1. The van der Waals surface area contributed by atoms with E-state index in [0.29, 0.717) is 6.07 Å². The molecule has 144 valence electrons. The highest BCUT2D eigenvalue weighted by molar-refractivity contribution is 5.98. The molecule has 27 heavy (non-hydrogen) atoms. The summed E-state index contributed by atoms with van der Waals surface area (Å²) in [6, 6.07) is 3.20. The van der Waals surface area contributed by atoms with Crippen molar-refractivity contribution in [3.05, 3.63) is 57.5 Å². The minimum absolute atomic E-state index is 0.0703. The standard InChI is InChI=1S/C16H13F3N2O6/c1-8-11(5-6-26-8)15(23)27-9(2)14(22)20-13-4-3-10(21(24)25)7-12(13)16(17,18)19/h3-7,9H,1-2H3,(H,20,22)/t9-/m0/s1. The molecule has 2 aromatic rings. The molecule has 0 aliphatic rings. The molecule has 1 amide bonds. The number of anilines is 1. The fraction of sp³-hybridized carbons (Fsp3) is 0.250. The second kappa shape index (κ2) is 7.48. The summed E-state index contributed by atoms with van der Waals surface area (Å²) < 4.78 is 49.2. The van der Waals surface area contributed by atoms with E-state index in [1.165, 1.54) is 26.2 Å². The fourth-order valence-corrected chi connectivity index (χ4v) is 2.10. The topological polar surface area (TPSA) is 112 Å². The van der Waals surface area contributed by atoms with Crippen LogP contribution in [0.3, 0.4) is 0 Å². The molecule has 0 aliphatic heterocycles. The van der Waals surface area contributed by atoms with Crippen LogP contribution in [-0.4, -0.2) is 22.9 Å². The van der Waals surface area contributed by atoms with Crippen molar-refractivity contribution >= 4 is 23.3 Å². The van der Waals surface area contributed by atoms with Gasteiger partial charge in [0.15, 0.2) is 6.10 Å². The lowest BCUT2D eigenvalue weighted by Crippen LogP contribution is -2.30. The highest BCUT2D eigenvalue weighted by Gasteiger charge is 2.36. The average Bonchev–Trinajstić information content (AvgIpc) is 3.00. The molecule has 0 radical (unpaired) electrons. The van der Waals surface area contributed by atoms with E-state index in [1.54, 1.807) is 0 Å². The maximum Gasteiger partial charge on any atom is 0.418 e. The van der Waals surface area contributed by atoms with E-state index in [0.717, 1.165) is 12.1 Å². The summed E-state index contributed by atoms with van der Waals surface area (Å²) in [7, 11) is 0. The van der Waals surface area contributed by atoms with E-state index < -0.39 is 46.0 Å². The number of rotatable bonds is 5. The van der Waals surface area contributed by atoms with E-state index >= 15 is 0 Å². The summed E-state index contributed by atoms with van der Waals surface area (Å²) in [6.45, 7) is 2.66. The number of carbonyl (C=O) groups is 2. The van der Waals surface area contributed by atoms with Crippen molar-refractivity contribution < 1.29 is 36.8 Å². The number of furan rings is 1. The molecular weight excluding hydrogens is 373 g/mol. The quantitative estimate of drug-likeness (QED) is 0.476. The smallest absolute Gasteiger partial charge is 0.418 e. The van der Waals surface area contributed by atoms with Gasteiger partial charge in [0, 0.05) is 12.1 Å². The lowest BCUT2D eigenvalue weighted by Gasteiger charge is -2.16. The third-order valence-corrected chi connectivity index (χ3v) is 3.51. The van der Waals surface area contributed by atoms with Crippen molar-refractivity contribution in [2.24, 2.45) is 0 Å². The lowest BCUT2D eigenvalue weighted by molar-refractivity contribution is -0.385. The van der Waals surface area contributed by atoms with Gasteiger partial charge in [-0.05, 0) is 26.0 Å². The number of nitrogens with one attached hydrogen (secondary N) is 1. The van der Waals surface area contributed by atoms with Gasteiger partial charge >= 0.3 is 12.1 Å². The van der Waals surface area contributed by atoms with Crippen LogP contribution in [0.25, 0.3) is 0 Å². The van der Waals surface area contributed by atoms with Crippen LogP contribution in [0.2, 0.25) is 0 Å². The van der Waals surface area contributed by atoms with E-state index in [1.807, 2.05) is 5.32 Å². The van der Waals surface area contributed by atoms with Crippen LogP contribution < -0.4 is 5.32 Å². The Morgan fingerprint density at radius 1 is 1.30 bits per heavy atom. The number of amides is 1. The van der Waals surface area contributed by atoms with Gasteiger partial charge in [-0.2, -0.15) is 13.2 Å². The molecule has 1 aromatic carbocycles. The second-order valence-corrected chi connectivity index (χ2v) is 5.41. The Morgan fingerprint density at radius 3 is 2.48 bits per heavy atom. The molecule has 0 spiro atoms. The zero-order valence-corrected chi connectivity index (χ0v) is 14.0. The number of nitro benzene ring substituents is 1. The van der Waals surface area contributed by atoms with Gasteiger partial charge in [-0.1, -0.05) is 0 Å². The molecule has 0 saturated heterocycles. The first-order chi connectivity index (χ1) is 12.5. The predicted octanol–water partition coefficient (Wildman–Crippen LogP) is 3.70. The van der Waals surface area contributed by atoms with Gasteiger partial charge < -0.3 is 14.5 Å². The van der Waals surface area contributed by atoms with E-state index in [9.17, 15) is 32.9 Å². The Kier molecular flexibility index (Phi) is 5.52. The molecule has 0 unspecified atom stereocenters. The molecule has 1 atom stereocenters. The number of alkyl halides is 3. The third kappa shape index (κ3) is 4.63. The van der Waals surface area contributed by atoms with Crippen LogP contribution in [-0.2, 0) is 15.7 Å². The molecule has 0 bridgehead atoms. The van der Waals surface area contributed by atoms with E-state index in [2.05, 4.69) is 0 Å². The van der Waals surface area contributed by atoms with Crippen LogP contribution in [0.5, 0.6) is 0 Å². The summed E-state index contributed by atoms with van der Waals surface area (Å²) in [5, 5.41) is 12.6. The number of esters is 1. The molecule has 0 fully saturated rings. The fourth-order valence-electron chi connectivity index (χ4n) is 2.10. The van der Waals surface area contributed by atoms with E-state index in [4.69, 9.17) is 9.15 Å². The number of non-ortho nitro benzene ring substituents is 1. The van der Waals surface area contributed by atoms with Gasteiger partial charge in [0.25, 0.3) is 11.6 Å². The zero-order chi connectivity index (χ0) is 20.4. The molecule has 11 heteroatoms. The Hall–Kier alpha value is -3.37. The number of halogens is 3. The monoisotopic (exact) mass is 386 g/mol. The van der Waals surface area contributed by atoms with Crippen LogP contribution in [0.4, 0.5) is 24.5 Å². The number of nitro groups is 1. The Balaban J connectivity index is 2.18. The number of aryl methyl sites for hydroxylation is 1. The lowest BCUT2D eigenvalue weighted by atomic mass is 10.1. The number of nitrogens with zero attached hydrogens (tertiary/aromatic N) is 1. The maximum absolute atomic E-state index is 13.1. The third-order valence-electron chi connectivity index (χ3n) is 3.51. The summed E-state index contributed by atoms with van der Waals surface area (Å²) in [4.78, 5) is 33.7. The molecule has 0 aliphatic carbocycles. The first-order valence-electron chi connectivity index (χ1n) is 7.42. The molecule has 1 heterocycles. The van der Waals surface area contributed by atoms with Crippen LogP contribution >= 0.6 is 0 Å². The summed E-state index contributed by atoms with van der Waals surface area (Å²) in [5.74, 6) is -1.67. The SMILES string of the molecule is Cc1occc1C(=O)O[C@@H](C)C(=O)Nc1ccc([N+](=O)[O-])cc1C(F)(F)F. The largest absolute Gasteiger partial charge is 0.469 e. The van der Waals surface area contributed by atoms with E-state index in [-0.39, 0.29) is 11.3 Å². The average molecular weight is 386 g/mol. The highest BCUT2D eigenvalue weighted by Crippen LogP contribution is 2.37. The summed E-state index contributed by atoms with van der Waals surface area (Å²) >= 11 is 0.